The number of hydrogen-bond acceptors (Lipinski definition) is 9. The molecule has 4 amide bonds. The van der Waals surface area contributed by atoms with Crippen LogP contribution in [0.2, 0.25) is 0 Å². The third-order valence-corrected chi connectivity index (χ3v) is 4.51. The summed E-state index contributed by atoms with van der Waals surface area (Å²) in [5, 5.41) is 34.9. The Morgan fingerprint density at radius 2 is 1.41 bits per heavy atom. The molecule has 0 aliphatic carbocycles. The Morgan fingerprint density at radius 3 is 1.88 bits per heavy atom. The van der Waals surface area contributed by atoms with Gasteiger partial charge in [-0.2, -0.15) is 0 Å². The number of nitrogens with one attached hydrogen (secondary N) is 3. The molecule has 0 rings (SSSR count). The van der Waals surface area contributed by atoms with Gasteiger partial charge >= 0.3 is 5.97 Å². The van der Waals surface area contributed by atoms with Crippen molar-refractivity contribution in [3.05, 3.63) is 0 Å². The van der Waals surface area contributed by atoms with E-state index in [0.717, 1.165) is 0 Å². The summed E-state index contributed by atoms with van der Waals surface area (Å²) in [6.07, 6.45) is -1.64. The molecule has 0 bridgehead atoms. The highest BCUT2D eigenvalue weighted by Crippen LogP contribution is 2.03. The number of aliphatic hydroxyl groups excluding tert-OH is 2. The molecule has 5 atom stereocenters. The quantitative estimate of drug-likeness (QED) is 0.0552. The summed E-state index contributed by atoms with van der Waals surface area (Å²) in [7, 11) is 0. The minimum absolute atomic E-state index is 0.0432. The second kappa shape index (κ2) is 15.4. The number of nitrogens with zero attached hydrogens (tertiary/aromatic N) is 1. The molecule has 0 heterocycles. The first kappa shape index (κ1) is 30.5. The van der Waals surface area contributed by atoms with Crippen LogP contribution in [0.4, 0.5) is 0 Å². The Balaban J connectivity index is 5.25. The van der Waals surface area contributed by atoms with Crippen LogP contribution in [0.1, 0.15) is 32.6 Å². The molecule has 0 spiro atoms. The predicted octanol–water partition coefficient (Wildman–Crippen LogP) is -5.46. The van der Waals surface area contributed by atoms with Gasteiger partial charge in [0, 0.05) is 13.0 Å². The highest BCUT2D eigenvalue weighted by atomic mass is 16.4. The molecule has 0 fully saturated rings. The smallest absolute Gasteiger partial charge is 0.326 e. The number of carbonyl (C=O) groups excluding carboxylic acids is 4. The highest BCUT2D eigenvalue weighted by molar-refractivity contribution is 5.94. The van der Waals surface area contributed by atoms with Crippen molar-refractivity contribution >= 4 is 35.6 Å². The second-order valence-electron chi connectivity index (χ2n) is 7.42. The van der Waals surface area contributed by atoms with Crippen molar-refractivity contribution in [2.24, 2.45) is 27.9 Å². The molecule has 16 nitrogen and oxygen atoms in total. The summed E-state index contributed by atoms with van der Waals surface area (Å²) in [5.74, 6) is -5.19. The highest BCUT2D eigenvalue weighted by Gasteiger charge is 2.30. The normalized spacial score (nSPS) is 15.1. The molecular formula is C18H34N8O8. The molecule has 0 saturated carbocycles. The molecule has 0 aromatic carbocycles. The van der Waals surface area contributed by atoms with Gasteiger partial charge in [0.25, 0.3) is 0 Å². The lowest BCUT2D eigenvalue weighted by Crippen LogP contribution is -2.59. The van der Waals surface area contributed by atoms with Crippen LogP contribution in [-0.4, -0.2) is 94.3 Å². The molecule has 0 aromatic heterocycles. The van der Waals surface area contributed by atoms with E-state index in [-0.39, 0.29) is 38.2 Å². The molecule has 5 unspecified atom stereocenters. The Kier molecular flexibility index (Phi) is 13.8. The zero-order valence-electron chi connectivity index (χ0n) is 18.8. The molecule has 0 aliphatic heterocycles. The molecular weight excluding hydrogens is 456 g/mol. The Morgan fingerprint density at radius 1 is 0.882 bits per heavy atom. The maximum Gasteiger partial charge on any atom is 0.326 e. The largest absolute Gasteiger partial charge is 0.480 e. The Bertz CT molecular complexity index is 756. The standard InChI is InChI=1S/C18H34N8O8/c1-8(28)13(20)16(32)24-9(4-5-12(19)29)14(30)26-11(7-27)15(31)25-10(17(33)34)3-2-6-23-18(21)22/h8-11,13,27-28H,2-7,20H2,1H3,(H2,19,29)(H,24,32)(H,25,31)(H,26,30)(H,33,34)(H4,21,22,23). The molecule has 0 radical (unpaired) electrons. The van der Waals surface area contributed by atoms with E-state index in [0.29, 0.717) is 0 Å². The van der Waals surface area contributed by atoms with Crippen LogP contribution >= 0.6 is 0 Å². The topological polar surface area (TPSA) is 299 Å². The average molecular weight is 491 g/mol. The van der Waals surface area contributed by atoms with E-state index in [1.54, 1.807) is 0 Å². The van der Waals surface area contributed by atoms with Crippen LogP contribution in [0.15, 0.2) is 4.99 Å². The summed E-state index contributed by atoms with van der Waals surface area (Å²) in [6, 6.07) is -5.70. The van der Waals surface area contributed by atoms with E-state index in [1.165, 1.54) is 6.92 Å². The van der Waals surface area contributed by atoms with Crippen LogP contribution in [0, 0.1) is 0 Å². The van der Waals surface area contributed by atoms with Gasteiger partial charge in [0.05, 0.1) is 12.7 Å². The molecule has 0 saturated heterocycles. The van der Waals surface area contributed by atoms with Gasteiger partial charge in [-0.1, -0.05) is 0 Å². The summed E-state index contributed by atoms with van der Waals surface area (Å²) >= 11 is 0. The Hall–Kier alpha value is -3.50. The molecule has 34 heavy (non-hydrogen) atoms. The maximum atomic E-state index is 12.6. The zero-order chi connectivity index (χ0) is 26.4. The molecule has 0 aromatic rings. The first-order valence-electron chi connectivity index (χ1n) is 10.3. The second-order valence-corrected chi connectivity index (χ2v) is 7.42. The van der Waals surface area contributed by atoms with Crippen LogP contribution in [-0.2, 0) is 24.0 Å². The van der Waals surface area contributed by atoms with Crippen molar-refractivity contribution in [1.82, 2.24) is 16.0 Å². The number of carboxylic acids is 1. The summed E-state index contributed by atoms with van der Waals surface area (Å²) in [6.45, 7) is 0.477. The molecule has 194 valence electrons. The fourth-order valence-electron chi connectivity index (χ4n) is 2.54. The average Bonchev–Trinajstić information content (AvgIpc) is 2.75. The van der Waals surface area contributed by atoms with Gasteiger partial charge in [0.1, 0.15) is 24.2 Å². The van der Waals surface area contributed by atoms with Gasteiger partial charge in [-0.25, -0.2) is 4.79 Å². The first-order valence-corrected chi connectivity index (χ1v) is 10.3. The number of rotatable bonds is 16. The summed E-state index contributed by atoms with van der Waals surface area (Å²) in [5.41, 5.74) is 21.0. The van der Waals surface area contributed by atoms with Crippen LogP contribution in [0.3, 0.4) is 0 Å². The lowest BCUT2D eigenvalue weighted by Gasteiger charge is -2.24. The fourth-order valence-corrected chi connectivity index (χ4v) is 2.54. The van der Waals surface area contributed by atoms with Crippen molar-refractivity contribution in [3.8, 4) is 0 Å². The van der Waals surface area contributed by atoms with E-state index < -0.39 is 66.5 Å². The lowest BCUT2D eigenvalue weighted by atomic mass is 10.1. The predicted molar refractivity (Wildman–Crippen MR) is 119 cm³/mol. The summed E-state index contributed by atoms with van der Waals surface area (Å²) in [4.78, 5) is 63.4. The van der Waals surface area contributed by atoms with Crippen molar-refractivity contribution in [2.75, 3.05) is 13.2 Å². The van der Waals surface area contributed by atoms with Crippen molar-refractivity contribution < 1.29 is 39.3 Å². The first-order chi connectivity index (χ1) is 15.8. The number of carboxylic acid groups (broad SMARTS) is 1. The van der Waals surface area contributed by atoms with Gasteiger partial charge < -0.3 is 54.2 Å². The zero-order valence-corrected chi connectivity index (χ0v) is 18.8. The van der Waals surface area contributed by atoms with Gasteiger partial charge in [-0.3, -0.25) is 24.2 Å². The van der Waals surface area contributed by atoms with Gasteiger partial charge in [0.15, 0.2) is 5.96 Å². The van der Waals surface area contributed by atoms with Crippen LogP contribution in [0.5, 0.6) is 0 Å². The number of amides is 4. The third kappa shape index (κ3) is 11.9. The number of primary amides is 1. The number of aliphatic carboxylic acids is 1. The number of aliphatic hydroxyl groups is 2. The Labute approximate surface area is 195 Å². The molecule has 16 heteroatoms. The van der Waals surface area contributed by atoms with E-state index in [1.807, 2.05) is 0 Å². The summed E-state index contributed by atoms with van der Waals surface area (Å²) < 4.78 is 0. The van der Waals surface area contributed by atoms with Crippen LogP contribution < -0.4 is 38.9 Å². The maximum absolute atomic E-state index is 12.6. The van der Waals surface area contributed by atoms with E-state index in [2.05, 4.69) is 20.9 Å². The minimum Gasteiger partial charge on any atom is -0.480 e. The number of aliphatic imine (C=N–C) groups is 1. The van der Waals surface area contributed by atoms with Crippen molar-refractivity contribution in [3.63, 3.8) is 0 Å². The number of carbonyl (C=O) groups is 5. The van der Waals surface area contributed by atoms with Crippen molar-refractivity contribution in [1.29, 1.82) is 0 Å². The third-order valence-electron chi connectivity index (χ3n) is 4.51. The van der Waals surface area contributed by atoms with Gasteiger partial charge in [-0.05, 0) is 26.2 Å². The van der Waals surface area contributed by atoms with Gasteiger partial charge in [0.2, 0.25) is 23.6 Å². The molecule has 14 N–H and O–H groups in total. The van der Waals surface area contributed by atoms with Gasteiger partial charge in [-0.15, -0.1) is 0 Å². The van der Waals surface area contributed by atoms with E-state index in [9.17, 15) is 39.3 Å². The lowest BCUT2D eigenvalue weighted by molar-refractivity contribution is -0.142. The van der Waals surface area contributed by atoms with E-state index in [4.69, 9.17) is 22.9 Å². The van der Waals surface area contributed by atoms with Crippen LogP contribution in [0.25, 0.3) is 0 Å². The monoisotopic (exact) mass is 490 g/mol. The number of hydrogen-bond donors (Lipinski definition) is 10. The van der Waals surface area contributed by atoms with Crippen molar-refractivity contribution in [2.45, 2.75) is 62.9 Å². The minimum atomic E-state index is -1.58. The number of nitrogens with two attached hydrogens (primary N) is 4. The fraction of sp³-hybridized carbons (Fsp3) is 0.667. The number of guanidine groups is 1. The molecule has 0 aliphatic rings. The van der Waals surface area contributed by atoms with E-state index >= 15 is 0 Å². The SMILES string of the molecule is CC(O)C(N)C(=O)NC(CCC(N)=O)C(=O)NC(CO)C(=O)NC(CCCN=C(N)N)C(=O)O.